The van der Waals surface area contributed by atoms with Crippen LogP contribution in [0.4, 0.5) is 0 Å². The van der Waals surface area contributed by atoms with Gasteiger partial charge in [0, 0.05) is 12.4 Å². The molecule has 4 N–H and O–H groups in total. The van der Waals surface area contributed by atoms with Gasteiger partial charge >= 0.3 is 13.6 Å². The number of hydrogen-bond acceptors (Lipinski definition) is 5. The van der Waals surface area contributed by atoms with Crippen molar-refractivity contribution < 1.29 is 19.0 Å². The molecule has 1 fully saturated rings. The average Bonchev–Trinajstić information content (AvgIpc) is 2.46. The maximum Gasteiger partial charge on any atom is 0.341 e. The summed E-state index contributed by atoms with van der Waals surface area (Å²) in [7, 11) is -3.21. The fraction of sp³-hybridized carbons (Fsp3) is 0.900. The van der Waals surface area contributed by atoms with Crippen LogP contribution < -0.4 is 15.5 Å². The van der Waals surface area contributed by atoms with E-state index in [2.05, 4.69) is 15.5 Å². The molecule has 0 aromatic carbocycles. The van der Waals surface area contributed by atoms with Crippen LogP contribution in [0.3, 0.4) is 0 Å². The summed E-state index contributed by atoms with van der Waals surface area (Å²) in [6.45, 7) is 0.549. The normalized spacial score (nSPS) is 25.4. The van der Waals surface area contributed by atoms with Gasteiger partial charge in [-0.05, 0) is 18.6 Å². The molecule has 0 saturated carbocycles. The Hall–Kier alpha value is 0.470. The van der Waals surface area contributed by atoms with Gasteiger partial charge in [-0.1, -0.05) is 0 Å². The third-order valence-corrected chi connectivity index (χ3v) is 6.26. The lowest BCUT2D eigenvalue weighted by molar-refractivity contribution is -0.139. The van der Waals surface area contributed by atoms with Gasteiger partial charge in [-0.3, -0.25) is 14.7 Å². The minimum absolute atomic E-state index is 0.00984. The summed E-state index contributed by atoms with van der Waals surface area (Å²) in [4.78, 5) is 10.9. The Balaban J connectivity index is 2.36. The van der Waals surface area contributed by atoms with Crippen LogP contribution in [0.15, 0.2) is 0 Å². The quantitative estimate of drug-likeness (QED) is 0.258. The van der Waals surface area contributed by atoms with Crippen molar-refractivity contribution in [2.45, 2.75) is 24.3 Å². The van der Waals surface area contributed by atoms with E-state index in [0.717, 1.165) is 5.75 Å². The number of alkyl halides is 2. The summed E-state index contributed by atoms with van der Waals surface area (Å²) in [6, 6.07) is -0.539. The topological polar surface area (TPSA) is 99.7 Å². The Morgan fingerprint density at radius 2 is 2.24 bits per heavy atom. The van der Waals surface area contributed by atoms with E-state index in [4.69, 9.17) is 32.8 Å². The summed E-state index contributed by atoms with van der Waals surface area (Å²) in [5, 5.41) is 17.2. The first kappa shape index (κ1) is 19.5. The number of nitrogens with one attached hydrogen (secondary N) is 3. The van der Waals surface area contributed by atoms with Crippen LogP contribution in [0, 0.1) is 0 Å². The summed E-state index contributed by atoms with van der Waals surface area (Å²) in [5.41, 5.74) is 0. The van der Waals surface area contributed by atoms with Crippen molar-refractivity contribution >= 4 is 48.6 Å². The summed E-state index contributed by atoms with van der Waals surface area (Å²) in [5.74, 6) is 0.230. The molecular weight excluding hydrogens is 360 g/mol. The van der Waals surface area contributed by atoms with E-state index in [1.165, 1.54) is 0 Å². The molecule has 1 aliphatic heterocycles. The predicted molar refractivity (Wildman–Crippen MR) is 86.2 cm³/mol. The number of rotatable bonds is 10. The van der Waals surface area contributed by atoms with Gasteiger partial charge in [0.25, 0.3) is 0 Å². The van der Waals surface area contributed by atoms with Crippen LogP contribution in [0.1, 0.15) is 12.8 Å². The monoisotopic (exact) mass is 379 g/mol. The van der Waals surface area contributed by atoms with Crippen LogP contribution in [0.2, 0.25) is 0 Å². The first-order chi connectivity index (χ1) is 10.0. The maximum atomic E-state index is 12.3. The number of hydrogen-bond donors (Lipinski definition) is 4. The molecule has 0 aliphatic carbocycles. The molecule has 0 spiro atoms. The molecule has 0 amide bonds. The van der Waals surface area contributed by atoms with Crippen LogP contribution >= 0.6 is 42.6 Å². The molecule has 1 aliphatic rings. The molecule has 0 aromatic rings. The van der Waals surface area contributed by atoms with Gasteiger partial charge in [0.15, 0.2) is 0 Å². The maximum absolute atomic E-state index is 12.3. The van der Waals surface area contributed by atoms with Crippen LogP contribution in [0.25, 0.3) is 0 Å². The van der Waals surface area contributed by atoms with Gasteiger partial charge in [0.2, 0.25) is 0 Å². The lowest BCUT2D eigenvalue weighted by Crippen LogP contribution is -2.46. The molecule has 1 saturated heterocycles. The fourth-order valence-corrected chi connectivity index (χ4v) is 4.85. The number of thioether (sulfide) groups is 1. The second kappa shape index (κ2) is 10.3. The molecule has 0 bridgehead atoms. The lowest BCUT2D eigenvalue weighted by atomic mass is 10.2. The zero-order valence-corrected chi connectivity index (χ0v) is 14.6. The first-order valence-electron chi connectivity index (χ1n) is 6.48. The van der Waals surface area contributed by atoms with Crippen molar-refractivity contribution in [3.8, 4) is 0 Å². The van der Waals surface area contributed by atoms with Gasteiger partial charge in [-0.25, -0.2) is 10.2 Å². The highest BCUT2D eigenvalue weighted by atomic mass is 35.5. The summed E-state index contributed by atoms with van der Waals surface area (Å²) in [6.07, 6.45) is 1.14. The zero-order chi connectivity index (χ0) is 15.7. The fourth-order valence-electron chi connectivity index (χ4n) is 1.75. The van der Waals surface area contributed by atoms with Crippen LogP contribution in [-0.2, 0) is 13.9 Å². The Kier molecular flexibility index (Phi) is 9.56. The molecule has 21 heavy (non-hydrogen) atoms. The molecule has 1 heterocycles. The average molecular weight is 380 g/mol. The second-order valence-corrected chi connectivity index (χ2v) is 8.22. The van der Waals surface area contributed by atoms with E-state index in [1.807, 2.05) is 0 Å². The Morgan fingerprint density at radius 1 is 1.48 bits per heavy atom. The van der Waals surface area contributed by atoms with Gasteiger partial charge in [0.05, 0.1) is 18.0 Å². The zero-order valence-electron chi connectivity index (χ0n) is 11.4. The first-order valence-corrected chi connectivity index (χ1v) is 10.2. The third kappa shape index (κ3) is 7.52. The van der Waals surface area contributed by atoms with Crippen molar-refractivity contribution in [2.75, 3.05) is 30.8 Å². The molecular formula is C10H20Cl2N3O4PS. The van der Waals surface area contributed by atoms with Gasteiger partial charge in [0.1, 0.15) is 6.04 Å². The number of carbonyl (C=O) groups is 1. The molecule has 0 aromatic heterocycles. The highest BCUT2D eigenvalue weighted by molar-refractivity contribution is 7.99. The highest BCUT2D eigenvalue weighted by Gasteiger charge is 2.27. The van der Waals surface area contributed by atoms with E-state index in [-0.39, 0.29) is 18.0 Å². The van der Waals surface area contributed by atoms with Gasteiger partial charge in [-0.15, -0.1) is 35.0 Å². The summed E-state index contributed by atoms with van der Waals surface area (Å²) >= 11 is 12.7. The van der Waals surface area contributed by atoms with E-state index in [9.17, 15) is 9.36 Å². The molecule has 7 nitrogen and oxygen atoms in total. The van der Waals surface area contributed by atoms with Crippen molar-refractivity contribution in [3.05, 3.63) is 0 Å². The molecule has 11 heteroatoms. The standard InChI is InChI=1S/C10H20Cl2N3O4PS/c11-3-4-13-20(18,14-7-12)19-5-1-9-15-8(10(16)17)2-6-21-9/h8-9,15H,1-7H2,(H,16,17)(H2,13,14,18). The van der Waals surface area contributed by atoms with Crippen molar-refractivity contribution in [1.82, 2.24) is 15.5 Å². The molecule has 1 rings (SSSR count). The second-order valence-electron chi connectivity index (χ2n) is 4.27. The number of halogens is 2. The minimum Gasteiger partial charge on any atom is -0.480 e. The Bertz CT molecular complexity index is 380. The van der Waals surface area contributed by atoms with E-state index in [1.54, 1.807) is 11.8 Å². The smallest absolute Gasteiger partial charge is 0.341 e. The van der Waals surface area contributed by atoms with E-state index >= 15 is 0 Å². The van der Waals surface area contributed by atoms with E-state index < -0.39 is 19.7 Å². The van der Waals surface area contributed by atoms with Gasteiger partial charge < -0.3 is 9.63 Å². The molecule has 124 valence electrons. The largest absolute Gasteiger partial charge is 0.480 e. The van der Waals surface area contributed by atoms with Crippen LogP contribution in [-0.4, -0.2) is 53.3 Å². The van der Waals surface area contributed by atoms with Gasteiger partial charge in [-0.2, -0.15) is 0 Å². The molecule has 3 unspecified atom stereocenters. The molecule has 0 radical (unpaired) electrons. The predicted octanol–water partition coefficient (Wildman–Crippen LogP) is 1.62. The SMILES string of the molecule is O=C(O)C1CCSC(CCOP(=O)(NCCl)NCCCl)N1. The van der Waals surface area contributed by atoms with Crippen molar-refractivity contribution in [2.24, 2.45) is 0 Å². The number of aliphatic carboxylic acids is 1. The van der Waals surface area contributed by atoms with E-state index in [0.29, 0.717) is 25.3 Å². The Labute approximate surface area is 138 Å². The van der Waals surface area contributed by atoms with Crippen LogP contribution in [0.5, 0.6) is 0 Å². The third-order valence-electron chi connectivity index (χ3n) is 2.75. The molecule has 3 atom stereocenters. The Morgan fingerprint density at radius 3 is 2.86 bits per heavy atom. The lowest BCUT2D eigenvalue weighted by Gasteiger charge is -2.28. The highest BCUT2D eigenvalue weighted by Crippen LogP contribution is 2.37. The minimum atomic E-state index is -3.21. The van der Waals surface area contributed by atoms with Crippen molar-refractivity contribution in [3.63, 3.8) is 0 Å². The van der Waals surface area contributed by atoms with Crippen molar-refractivity contribution in [1.29, 1.82) is 0 Å². The number of carboxylic acids is 1. The number of carboxylic acid groups (broad SMARTS) is 1. The summed E-state index contributed by atoms with van der Waals surface area (Å²) < 4.78 is 17.6.